The smallest absolute Gasteiger partial charge is 0.387 e. The minimum atomic E-state index is -2.97. The van der Waals surface area contributed by atoms with Crippen LogP contribution in [0.4, 0.5) is 17.6 Å². The molecule has 0 radical (unpaired) electrons. The highest BCUT2D eigenvalue weighted by molar-refractivity contribution is 5.61. The Morgan fingerprint density at radius 3 is 2.56 bits per heavy atom. The maximum atomic E-state index is 13.4. The Bertz CT molecular complexity index is 560. The quantitative estimate of drug-likeness (QED) is 0.783. The molecule has 94 valence electrons. The zero-order chi connectivity index (χ0) is 13.1. The van der Waals surface area contributed by atoms with Crippen molar-refractivity contribution < 1.29 is 22.3 Å². The molecular weight excluding hydrogens is 250 g/mol. The van der Waals surface area contributed by atoms with Crippen molar-refractivity contribution in [2.75, 3.05) is 0 Å². The molecule has 0 fully saturated rings. The lowest BCUT2D eigenvalue weighted by Crippen LogP contribution is -2.02. The monoisotopic (exact) mass is 257 g/mol. The van der Waals surface area contributed by atoms with Crippen molar-refractivity contribution in [2.45, 2.75) is 6.61 Å². The van der Waals surface area contributed by atoms with Crippen LogP contribution in [-0.4, -0.2) is 11.6 Å². The molecule has 1 aromatic carbocycles. The van der Waals surface area contributed by atoms with Gasteiger partial charge in [0, 0.05) is 11.6 Å². The summed E-state index contributed by atoms with van der Waals surface area (Å²) in [6, 6.07) is 6.05. The van der Waals surface area contributed by atoms with E-state index in [1.54, 1.807) is 0 Å². The van der Waals surface area contributed by atoms with Gasteiger partial charge in [-0.05, 0) is 12.1 Å². The Balaban J connectivity index is 2.38. The summed E-state index contributed by atoms with van der Waals surface area (Å²) >= 11 is 0. The first-order valence-corrected chi connectivity index (χ1v) is 4.92. The van der Waals surface area contributed by atoms with Crippen molar-refractivity contribution in [3.8, 4) is 17.0 Å². The number of aromatic nitrogens is 1. The number of halogens is 4. The molecule has 0 saturated heterocycles. The minimum absolute atomic E-state index is 0.118. The fraction of sp³-hybridized carbons (Fsp3) is 0.0833. The number of ether oxygens (including phenoxy) is 1. The minimum Gasteiger partial charge on any atom is -0.435 e. The third kappa shape index (κ3) is 2.77. The van der Waals surface area contributed by atoms with Crippen molar-refractivity contribution in [2.24, 2.45) is 0 Å². The lowest BCUT2D eigenvalue weighted by molar-refractivity contribution is -0.0498. The molecule has 2 rings (SSSR count). The predicted molar refractivity (Wildman–Crippen MR) is 56.2 cm³/mol. The van der Waals surface area contributed by atoms with Gasteiger partial charge in [-0.3, -0.25) is 4.98 Å². The predicted octanol–water partition coefficient (Wildman–Crippen LogP) is 3.63. The van der Waals surface area contributed by atoms with E-state index in [4.69, 9.17) is 0 Å². The van der Waals surface area contributed by atoms with E-state index in [1.807, 2.05) is 0 Å². The lowest BCUT2D eigenvalue weighted by Gasteiger charge is -2.07. The normalized spacial score (nSPS) is 10.7. The number of alkyl halides is 2. The molecule has 0 aliphatic carbocycles. The van der Waals surface area contributed by atoms with Gasteiger partial charge in [-0.1, -0.05) is 12.1 Å². The first-order chi connectivity index (χ1) is 8.56. The van der Waals surface area contributed by atoms with Crippen molar-refractivity contribution >= 4 is 0 Å². The van der Waals surface area contributed by atoms with Crippen LogP contribution in [0.25, 0.3) is 11.3 Å². The molecule has 1 heterocycles. The zero-order valence-corrected chi connectivity index (χ0v) is 8.91. The van der Waals surface area contributed by atoms with Gasteiger partial charge in [0.25, 0.3) is 0 Å². The Labute approximate surface area is 99.8 Å². The first-order valence-electron chi connectivity index (χ1n) is 4.92. The van der Waals surface area contributed by atoms with E-state index in [0.717, 1.165) is 6.20 Å². The van der Waals surface area contributed by atoms with Gasteiger partial charge < -0.3 is 4.74 Å². The summed E-state index contributed by atoms with van der Waals surface area (Å²) < 4.78 is 54.4. The topological polar surface area (TPSA) is 22.1 Å². The second-order valence-corrected chi connectivity index (χ2v) is 3.39. The Kier molecular flexibility index (Phi) is 3.45. The second-order valence-electron chi connectivity index (χ2n) is 3.39. The fourth-order valence-corrected chi connectivity index (χ4v) is 1.45. The molecule has 18 heavy (non-hydrogen) atoms. The van der Waals surface area contributed by atoms with Crippen LogP contribution in [0.2, 0.25) is 0 Å². The molecule has 6 heteroatoms. The summed E-state index contributed by atoms with van der Waals surface area (Å²) in [6.45, 7) is -2.97. The molecule has 0 spiro atoms. The summed E-state index contributed by atoms with van der Waals surface area (Å²) in [5, 5.41) is 0. The van der Waals surface area contributed by atoms with Gasteiger partial charge in [0.15, 0.2) is 5.82 Å². The molecule has 0 aliphatic heterocycles. The highest BCUT2D eigenvalue weighted by Gasteiger charge is 2.10. The average molecular weight is 257 g/mol. The third-order valence-corrected chi connectivity index (χ3v) is 2.14. The molecular formula is C12H7F4NO. The molecule has 1 aromatic heterocycles. The average Bonchev–Trinajstić information content (AvgIpc) is 2.28. The van der Waals surface area contributed by atoms with Gasteiger partial charge in [0.1, 0.15) is 17.3 Å². The SMILES string of the molecule is Fc1cnc(-c2cccc(OC(F)F)c2)c(F)c1. The van der Waals surface area contributed by atoms with Gasteiger partial charge in [0.05, 0.1) is 6.20 Å². The van der Waals surface area contributed by atoms with Crippen molar-refractivity contribution in [3.63, 3.8) is 0 Å². The van der Waals surface area contributed by atoms with E-state index in [-0.39, 0.29) is 17.0 Å². The van der Waals surface area contributed by atoms with E-state index in [0.29, 0.717) is 6.07 Å². The maximum absolute atomic E-state index is 13.4. The molecule has 0 atom stereocenters. The van der Waals surface area contributed by atoms with Crippen molar-refractivity contribution in [1.82, 2.24) is 4.98 Å². The highest BCUT2D eigenvalue weighted by atomic mass is 19.3. The van der Waals surface area contributed by atoms with E-state index >= 15 is 0 Å². The number of hydrogen-bond acceptors (Lipinski definition) is 2. The maximum Gasteiger partial charge on any atom is 0.387 e. The van der Waals surface area contributed by atoms with Crippen LogP contribution in [0.15, 0.2) is 36.5 Å². The molecule has 0 saturated carbocycles. The van der Waals surface area contributed by atoms with Gasteiger partial charge in [0.2, 0.25) is 0 Å². The Hall–Kier alpha value is -2.11. The molecule has 2 nitrogen and oxygen atoms in total. The van der Waals surface area contributed by atoms with E-state index in [2.05, 4.69) is 9.72 Å². The largest absolute Gasteiger partial charge is 0.435 e. The van der Waals surface area contributed by atoms with Crippen molar-refractivity contribution in [3.05, 3.63) is 48.2 Å². The zero-order valence-electron chi connectivity index (χ0n) is 8.91. The molecule has 0 aliphatic rings. The molecule has 0 unspecified atom stereocenters. The Morgan fingerprint density at radius 2 is 1.89 bits per heavy atom. The molecule has 2 aromatic rings. The summed E-state index contributed by atoms with van der Waals surface area (Å²) in [5.74, 6) is -1.80. The summed E-state index contributed by atoms with van der Waals surface area (Å²) in [6.07, 6.45) is 0.846. The first kappa shape index (κ1) is 12.3. The van der Waals surface area contributed by atoms with E-state index in [9.17, 15) is 17.6 Å². The van der Waals surface area contributed by atoms with Crippen LogP contribution in [-0.2, 0) is 0 Å². The number of pyridine rings is 1. The van der Waals surface area contributed by atoms with Crippen LogP contribution in [0.1, 0.15) is 0 Å². The van der Waals surface area contributed by atoms with Gasteiger partial charge in [-0.25, -0.2) is 8.78 Å². The van der Waals surface area contributed by atoms with Gasteiger partial charge in [-0.2, -0.15) is 8.78 Å². The van der Waals surface area contributed by atoms with Crippen LogP contribution in [0.5, 0.6) is 5.75 Å². The Morgan fingerprint density at radius 1 is 1.11 bits per heavy atom. The third-order valence-electron chi connectivity index (χ3n) is 2.14. The van der Waals surface area contributed by atoms with Crippen LogP contribution < -0.4 is 4.74 Å². The summed E-state index contributed by atoms with van der Waals surface area (Å²) in [7, 11) is 0. The number of nitrogens with zero attached hydrogens (tertiary/aromatic N) is 1. The lowest BCUT2D eigenvalue weighted by atomic mass is 10.1. The van der Waals surface area contributed by atoms with E-state index < -0.39 is 18.2 Å². The fourth-order valence-electron chi connectivity index (χ4n) is 1.45. The van der Waals surface area contributed by atoms with E-state index in [1.165, 1.54) is 24.3 Å². The second kappa shape index (κ2) is 5.03. The number of hydrogen-bond donors (Lipinski definition) is 0. The molecule has 0 N–H and O–H groups in total. The summed E-state index contributed by atoms with van der Waals surface area (Å²) in [5.41, 5.74) is 0.0989. The number of benzene rings is 1. The standard InChI is InChI=1S/C12H7F4NO/c13-8-5-10(14)11(17-6-8)7-2-1-3-9(4-7)18-12(15)16/h1-6,12H. The molecule has 0 amide bonds. The molecule has 0 bridgehead atoms. The van der Waals surface area contributed by atoms with Crippen LogP contribution >= 0.6 is 0 Å². The number of rotatable bonds is 3. The van der Waals surface area contributed by atoms with Crippen LogP contribution in [0.3, 0.4) is 0 Å². The van der Waals surface area contributed by atoms with Crippen molar-refractivity contribution in [1.29, 1.82) is 0 Å². The summed E-state index contributed by atoms with van der Waals surface area (Å²) in [4.78, 5) is 3.58. The van der Waals surface area contributed by atoms with Gasteiger partial charge in [-0.15, -0.1) is 0 Å². The van der Waals surface area contributed by atoms with Crippen LogP contribution in [0, 0.1) is 11.6 Å². The highest BCUT2D eigenvalue weighted by Crippen LogP contribution is 2.25. The van der Waals surface area contributed by atoms with Gasteiger partial charge >= 0.3 is 6.61 Å².